The van der Waals surface area contributed by atoms with Crippen molar-refractivity contribution in [1.82, 2.24) is 0 Å². The van der Waals surface area contributed by atoms with E-state index in [1.54, 1.807) is 0 Å². The molecule has 0 fully saturated rings. The Bertz CT molecular complexity index is 289. The van der Waals surface area contributed by atoms with Crippen LogP contribution in [0.3, 0.4) is 0 Å². The first-order valence-corrected chi connectivity index (χ1v) is 7.41. The van der Waals surface area contributed by atoms with Crippen LogP contribution in [-0.2, 0) is 102 Å². The average molecular weight is 573 g/mol. The summed E-state index contributed by atoms with van der Waals surface area (Å²) < 4.78 is 33.8. The number of carbonyl (C=O) groups excluding carboxylic acids is 2. The van der Waals surface area contributed by atoms with Gasteiger partial charge in [-0.1, -0.05) is 49.9 Å². The Morgan fingerprint density at radius 1 is 0.688 bits per heavy atom. The van der Waals surface area contributed by atoms with E-state index in [1.807, 2.05) is 0 Å². The zero-order chi connectivity index (χ0) is 23.3. The zero-order valence-corrected chi connectivity index (χ0v) is 15.9. The van der Waals surface area contributed by atoms with E-state index in [-0.39, 0.29) is 68.8 Å². The molecule has 0 heterocycles. The summed E-state index contributed by atoms with van der Waals surface area (Å²) in [4.78, 5) is 40.1. The van der Waals surface area contributed by atoms with Gasteiger partial charge in [-0.15, -0.1) is 0 Å². The van der Waals surface area contributed by atoms with E-state index in [1.165, 1.54) is 0 Å². The van der Waals surface area contributed by atoms with E-state index < -0.39 is 33.9 Å². The second-order valence-corrected chi connectivity index (χ2v) is 2.38. The van der Waals surface area contributed by atoms with Gasteiger partial charge in [-0.3, -0.25) is 4.79 Å². The fourth-order valence-corrected chi connectivity index (χ4v) is 0.285. The number of rotatable bonds is 10. The molecule has 0 spiro atoms. The van der Waals surface area contributed by atoms with Crippen molar-refractivity contribution in [3.05, 3.63) is 0 Å². The topological polar surface area (TPSA) is 294 Å². The Morgan fingerprint density at radius 3 is 0.844 bits per heavy atom. The van der Waals surface area contributed by atoms with Crippen LogP contribution in [0.25, 0.3) is 0 Å². The summed E-state index contributed by atoms with van der Waals surface area (Å²) in [6.07, 6.45) is 0.250. The average Bonchev–Trinajstić information content (AvgIpc) is 2.66. The first-order chi connectivity index (χ1) is 13.5. The minimum atomic E-state index is -2.00. The van der Waals surface area contributed by atoms with Crippen molar-refractivity contribution in [1.29, 1.82) is 0 Å². The molecule has 0 rings (SSSR count). The summed E-state index contributed by atoms with van der Waals surface area (Å²) >= 11 is -3.44. The van der Waals surface area contributed by atoms with Crippen LogP contribution in [0.1, 0.15) is 29.7 Å². The Hall–Kier alpha value is -1.20. The predicted octanol–water partition coefficient (Wildman–Crippen LogP) is 0.839. The summed E-state index contributed by atoms with van der Waals surface area (Å²) in [5.41, 5.74) is 0. The molecule has 0 radical (unpaired) electrons. The van der Waals surface area contributed by atoms with Crippen LogP contribution in [0, 0.1) is 0 Å². The van der Waals surface area contributed by atoms with Crippen molar-refractivity contribution in [2.75, 3.05) is 26.4 Å². The quantitative estimate of drug-likeness (QED) is 0.0795. The van der Waals surface area contributed by atoms with Gasteiger partial charge in [-0.2, -0.15) is 9.59 Å². The van der Waals surface area contributed by atoms with Gasteiger partial charge in [0, 0.05) is 0 Å². The first-order valence-electron chi connectivity index (χ1n) is 5.17. The number of hydrogen-bond acceptors (Lipinski definition) is 19. The van der Waals surface area contributed by atoms with Gasteiger partial charge < -0.3 is 5.11 Å². The van der Waals surface area contributed by atoms with Crippen molar-refractivity contribution in [3.63, 3.8) is 0 Å². The molecular weight excluding hydrogens is 543 g/mol. The van der Waals surface area contributed by atoms with Gasteiger partial charge >= 0.3 is 54.4 Å². The summed E-state index contributed by atoms with van der Waals surface area (Å²) in [5, 5.41) is 49.5. The van der Waals surface area contributed by atoms with Gasteiger partial charge in [-0.05, 0) is 0 Å². The fraction of sp³-hybridized carbons (Fsp3) is 0.800. The van der Waals surface area contributed by atoms with Crippen LogP contribution >= 0.6 is 0 Å². The van der Waals surface area contributed by atoms with Gasteiger partial charge in [0.05, 0.1) is 0 Å². The van der Waals surface area contributed by atoms with Crippen LogP contribution in [0.2, 0.25) is 0 Å². The Morgan fingerprint density at radius 2 is 0.781 bits per heavy atom. The third-order valence-electron chi connectivity index (χ3n) is 0.711. The number of carboxylic acid groups (broad SMARTS) is 1. The summed E-state index contributed by atoms with van der Waals surface area (Å²) in [6.45, 7) is -0.373. The van der Waals surface area contributed by atoms with E-state index in [9.17, 15) is 0 Å². The molecule has 0 unspecified atom stereocenters. The van der Waals surface area contributed by atoms with Crippen LogP contribution < -0.4 is 0 Å². The third kappa shape index (κ3) is 287. The van der Waals surface area contributed by atoms with Crippen molar-refractivity contribution in [2.45, 2.75) is 29.7 Å². The van der Waals surface area contributed by atoms with Crippen LogP contribution in [0.4, 0.5) is 0 Å². The van der Waals surface area contributed by atoms with Crippen molar-refractivity contribution < 1.29 is 128 Å². The molecule has 0 saturated carbocycles. The van der Waals surface area contributed by atoms with E-state index in [4.69, 9.17) is 54.8 Å². The first kappa shape index (κ1) is 63.2. The molecular formula is C10H30MnO20Ti. The van der Waals surface area contributed by atoms with Crippen LogP contribution in [0.5, 0.6) is 0 Å². The molecule has 5 N–H and O–H groups in total. The summed E-state index contributed by atoms with van der Waals surface area (Å²) in [6, 6.07) is 0. The van der Waals surface area contributed by atoms with E-state index in [0.717, 1.165) is 0 Å². The standard InChI is InChI=1S/2C2H6O6.CH2O2.CO2.4CH4.Mn.4O.Ti/c2*3-7-5-1-2-6-8-4;2*2-1-3;;;;;;;;;;/h2*3-4H,1-2H2;1H,(H,2,3);;4*1H4;;;;;;. The second-order valence-electron chi connectivity index (χ2n) is 1.92. The second kappa shape index (κ2) is 113. The monoisotopic (exact) mass is 573 g/mol. The molecule has 201 valence electrons. The van der Waals surface area contributed by atoms with Crippen LogP contribution in [-0.4, -0.2) is 65.2 Å². The van der Waals surface area contributed by atoms with Crippen molar-refractivity contribution in [2.24, 2.45) is 0 Å². The SMILES string of the molecule is C.C.C.C.O=C=O.O=CO.OOOCCOOO.OOOCCOOO.[O]=[Mn]=[O].[O]=[Ti]=[O]. The fourth-order valence-electron chi connectivity index (χ4n) is 0.285. The molecule has 0 aliphatic rings. The summed E-state index contributed by atoms with van der Waals surface area (Å²) in [7, 11) is 0. The normalized spacial score (nSPS) is 6.12. The van der Waals surface area contributed by atoms with Gasteiger partial charge in [-0.25, -0.2) is 40.6 Å². The molecule has 32 heavy (non-hydrogen) atoms. The minimum absolute atomic E-state index is 0. The Kier molecular flexibility index (Phi) is 223. The van der Waals surface area contributed by atoms with Crippen molar-refractivity contribution in [3.8, 4) is 0 Å². The van der Waals surface area contributed by atoms with E-state index >= 15 is 0 Å². The zero-order valence-electron chi connectivity index (χ0n) is 13.1. The van der Waals surface area contributed by atoms with E-state index in [0.29, 0.717) is 0 Å². The third-order valence-corrected chi connectivity index (χ3v) is 0.711. The van der Waals surface area contributed by atoms with E-state index in [2.05, 4.69) is 39.7 Å². The molecule has 0 saturated heterocycles. The van der Waals surface area contributed by atoms with Gasteiger partial charge in [0.25, 0.3) is 6.47 Å². The van der Waals surface area contributed by atoms with Gasteiger partial charge in [0.1, 0.15) is 26.4 Å². The molecule has 0 aromatic rings. The number of hydrogen-bond donors (Lipinski definition) is 5. The molecule has 0 atom stereocenters. The van der Waals surface area contributed by atoms with Gasteiger partial charge in [0.15, 0.2) is 0 Å². The molecule has 0 aromatic carbocycles. The maximum absolute atomic E-state index is 8.50. The van der Waals surface area contributed by atoms with Gasteiger partial charge in [0.2, 0.25) is 0 Å². The van der Waals surface area contributed by atoms with Crippen LogP contribution in [0.15, 0.2) is 0 Å². The Labute approximate surface area is 197 Å². The summed E-state index contributed by atoms with van der Waals surface area (Å²) in [5.74, 6) is 0. The molecule has 0 aliphatic heterocycles. The number of carbonyl (C=O) groups is 1. The molecule has 20 nitrogen and oxygen atoms in total. The molecule has 0 aliphatic carbocycles. The molecule has 0 bridgehead atoms. The van der Waals surface area contributed by atoms with Crippen molar-refractivity contribution >= 4 is 12.6 Å². The predicted molar refractivity (Wildman–Crippen MR) is 82.0 cm³/mol. The molecule has 22 heteroatoms. The molecule has 0 aromatic heterocycles. The Balaban J connectivity index is -0.0000000236. The maximum atomic E-state index is 8.50. The molecule has 0 amide bonds.